The zero-order chi connectivity index (χ0) is 20.3. The fourth-order valence-electron chi connectivity index (χ4n) is 3.16. The number of nitrogens with one attached hydrogen (secondary N) is 1. The van der Waals surface area contributed by atoms with Crippen molar-refractivity contribution in [2.75, 3.05) is 12.4 Å². The maximum atomic E-state index is 12.5. The molecular formula is C18H20N2O6S2. The Morgan fingerprint density at radius 1 is 1.39 bits per heavy atom. The number of amides is 2. The standard InChI is InChI=1S/C18H20N2O6S2/c1-2-26-13(22)6-5-10-9-28-17-14(16(23)20(17)15(10)18(24)25)19-12(21)8-11-4-3-7-27-11/h3-4,7,14,17H,2,5-6,8-9H2,1H3,(H,19,21)(H,24,25)/t14-,17-/m1/s1. The summed E-state index contributed by atoms with van der Waals surface area (Å²) in [4.78, 5) is 50.2. The van der Waals surface area contributed by atoms with Crippen LogP contribution in [0, 0.1) is 0 Å². The molecule has 0 aliphatic carbocycles. The molecule has 2 atom stereocenters. The second-order valence-corrected chi connectivity index (χ2v) is 8.41. The van der Waals surface area contributed by atoms with Crippen molar-refractivity contribution in [3.8, 4) is 0 Å². The van der Waals surface area contributed by atoms with Crippen molar-refractivity contribution < 1.29 is 29.0 Å². The molecular weight excluding hydrogens is 404 g/mol. The molecule has 1 saturated heterocycles. The first kappa shape index (κ1) is 20.4. The lowest BCUT2D eigenvalue weighted by atomic mass is 10.0. The summed E-state index contributed by atoms with van der Waals surface area (Å²) in [7, 11) is 0. The third-order valence-corrected chi connectivity index (χ3v) is 6.63. The van der Waals surface area contributed by atoms with Gasteiger partial charge in [0, 0.05) is 17.1 Å². The lowest BCUT2D eigenvalue weighted by Gasteiger charge is -2.49. The second kappa shape index (κ2) is 8.78. The van der Waals surface area contributed by atoms with E-state index in [0.29, 0.717) is 11.3 Å². The van der Waals surface area contributed by atoms with Gasteiger partial charge in [-0.05, 0) is 30.4 Å². The average Bonchev–Trinajstić information content (AvgIpc) is 3.16. The largest absolute Gasteiger partial charge is 0.477 e. The van der Waals surface area contributed by atoms with Crippen LogP contribution < -0.4 is 5.32 Å². The number of rotatable bonds is 8. The van der Waals surface area contributed by atoms with Crippen LogP contribution in [-0.2, 0) is 30.3 Å². The highest BCUT2D eigenvalue weighted by Crippen LogP contribution is 2.41. The Bertz CT molecular complexity index is 820. The first-order valence-corrected chi connectivity index (χ1v) is 10.7. The third kappa shape index (κ3) is 4.22. The zero-order valence-electron chi connectivity index (χ0n) is 15.2. The van der Waals surface area contributed by atoms with Gasteiger partial charge < -0.3 is 15.2 Å². The van der Waals surface area contributed by atoms with E-state index in [0.717, 1.165) is 4.88 Å². The van der Waals surface area contributed by atoms with E-state index in [-0.39, 0.29) is 37.5 Å². The normalized spacial score (nSPS) is 21.0. The van der Waals surface area contributed by atoms with Gasteiger partial charge in [0.1, 0.15) is 17.1 Å². The highest BCUT2D eigenvalue weighted by atomic mass is 32.2. The maximum Gasteiger partial charge on any atom is 0.352 e. The summed E-state index contributed by atoms with van der Waals surface area (Å²) in [5.41, 5.74) is 0.445. The zero-order valence-corrected chi connectivity index (χ0v) is 16.8. The summed E-state index contributed by atoms with van der Waals surface area (Å²) in [6, 6.07) is 2.95. The Labute approximate surface area is 169 Å². The van der Waals surface area contributed by atoms with Crippen molar-refractivity contribution in [2.45, 2.75) is 37.6 Å². The van der Waals surface area contributed by atoms with Crippen molar-refractivity contribution in [1.82, 2.24) is 10.2 Å². The van der Waals surface area contributed by atoms with Crippen molar-refractivity contribution >= 4 is 46.9 Å². The molecule has 1 fully saturated rings. The van der Waals surface area contributed by atoms with E-state index in [2.05, 4.69) is 5.32 Å². The Kier molecular flexibility index (Phi) is 6.40. The fraction of sp³-hybridized carbons (Fsp3) is 0.444. The number of esters is 1. The highest BCUT2D eigenvalue weighted by molar-refractivity contribution is 8.00. The van der Waals surface area contributed by atoms with E-state index >= 15 is 0 Å². The number of hydrogen-bond donors (Lipinski definition) is 2. The lowest BCUT2D eigenvalue weighted by Crippen LogP contribution is -2.70. The molecule has 0 spiro atoms. The maximum absolute atomic E-state index is 12.5. The van der Waals surface area contributed by atoms with Crippen molar-refractivity contribution in [1.29, 1.82) is 0 Å². The van der Waals surface area contributed by atoms with Gasteiger partial charge in [-0.15, -0.1) is 23.1 Å². The monoisotopic (exact) mass is 424 g/mol. The van der Waals surface area contributed by atoms with Crippen LogP contribution in [-0.4, -0.2) is 57.5 Å². The topological polar surface area (TPSA) is 113 Å². The summed E-state index contributed by atoms with van der Waals surface area (Å²) in [6.07, 6.45) is 0.471. The molecule has 3 heterocycles. The van der Waals surface area contributed by atoms with Gasteiger partial charge in [0.05, 0.1) is 13.0 Å². The van der Waals surface area contributed by atoms with Crippen LogP contribution in [0.4, 0.5) is 0 Å². The summed E-state index contributed by atoms with van der Waals surface area (Å²) in [5, 5.41) is 13.7. The summed E-state index contributed by atoms with van der Waals surface area (Å²) < 4.78 is 4.87. The van der Waals surface area contributed by atoms with Gasteiger partial charge in [-0.25, -0.2) is 4.79 Å². The quantitative estimate of drug-likeness (QED) is 0.479. The molecule has 2 aliphatic heterocycles. The number of fused-ring (bicyclic) bond motifs is 1. The predicted octanol–water partition coefficient (Wildman–Crippen LogP) is 1.37. The predicted molar refractivity (Wildman–Crippen MR) is 104 cm³/mol. The minimum atomic E-state index is -1.21. The van der Waals surface area contributed by atoms with Gasteiger partial charge in [0.25, 0.3) is 5.91 Å². The highest BCUT2D eigenvalue weighted by Gasteiger charge is 2.54. The van der Waals surface area contributed by atoms with Crippen molar-refractivity contribution in [3.63, 3.8) is 0 Å². The first-order chi connectivity index (χ1) is 13.4. The number of thioether (sulfide) groups is 1. The van der Waals surface area contributed by atoms with Crippen LogP contribution in [0.1, 0.15) is 24.6 Å². The molecule has 10 heteroatoms. The molecule has 2 N–H and O–H groups in total. The van der Waals surface area contributed by atoms with Crippen LogP contribution in [0.5, 0.6) is 0 Å². The number of nitrogens with zero attached hydrogens (tertiary/aromatic N) is 1. The third-order valence-electron chi connectivity index (χ3n) is 4.42. The Hall–Kier alpha value is -2.33. The van der Waals surface area contributed by atoms with E-state index < -0.39 is 29.3 Å². The van der Waals surface area contributed by atoms with Crippen LogP contribution in [0.25, 0.3) is 0 Å². The molecule has 0 aromatic carbocycles. The molecule has 2 aliphatic rings. The minimum Gasteiger partial charge on any atom is -0.477 e. The van der Waals surface area contributed by atoms with Crippen molar-refractivity contribution in [2.24, 2.45) is 0 Å². The van der Waals surface area contributed by atoms with E-state index in [1.165, 1.54) is 28.0 Å². The number of carbonyl (C=O) groups is 4. The minimum absolute atomic E-state index is 0.0637. The molecule has 8 nitrogen and oxygen atoms in total. The van der Waals surface area contributed by atoms with Crippen LogP contribution >= 0.6 is 23.1 Å². The van der Waals surface area contributed by atoms with Crippen LogP contribution in [0.15, 0.2) is 28.8 Å². The van der Waals surface area contributed by atoms with Gasteiger partial charge in [-0.1, -0.05) is 6.07 Å². The van der Waals surface area contributed by atoms with Gasteiger partial charge in [0.15, 0.2) is 0 Å². The van der Waals surface area contributed by atoms with E-state index in [9.17, 15) is 24.3 Å². The fourth-order valence-corrected chi connectivity index (χ4v) is 5.25. The number of carboxylic acids is 1. The number of carboxylic acid groups (broad SMARTS) is 1. The smallest absolute Gasteiger partial charge is 0.352 e. The lowest BCUT2D eigenvalue weighted by molar-refractivity contribution is -0.150. The van der Waals surface area contributed by atoms with Gasteiger partial charge in [-0.2, -0.15) is 0 Å². The number of β-lactam (4-membered cyclic amide) rings is 1. The summed E-state index contributed by atoms with van der Waals surface area (Å²) >= 11 is 2.85. The first-order valence-electron chi connectivity index (χ1n) is 8.79. The van der Waals surface area contributed by atoms with Gasteiger partial charge in [0.2, 0.25) is 5.91 Å². The van der Waals surface area contributed by atoms with Crippen LogP contribution in [0.3, 0.4) is 0 Å². The molecule has 150 valence electrons. The number of carbonyl (C=O) groups excluding carboxylic acids is 3. The molecule has 0 saturated carbocycles. The molecule has 0 bridgehead atoms. The number of thiophene rings is 1. The Morgan fingerprint density at radius 2 is 2.18 bits per heavy atom. The summed E-state index contributed by atoms with van der Waals surface area (Å²) in [6.45, 7) is 1.96. The summed E-state index contributed by atoms with van der Waals surface area (Å²) in [5.74, 6) is -1.94. The van der Waals surface area contributed by atoms with Gasteiger partial charge in [-0.3, -0.25) is 19.3 Å². The number of ether oxygens (including phenoxy) is 1. The molecule has 0 unspecified atom stereocenters. The van der Waals surface area contributed by atoms with E-state index in [1.807, 2.05) is 17.5 Å². The van der Waals surface area contributed by atoms with Crippen molar-refractivity contribution in [3.05, 3.63) is 33.7 Å². The Balaban J connectivity index is 1.66. The molecule has 1 aromatic rings. The molecule has 1 aromatic heterocycles. The second-order valence-electron chi connectivity index (χ2n) is 6.27. The SMILES string of the molecule is CCOC(=O)CCC1=C(C(=O)O)N2C(=O)[C@@H](NC(=O)Cc3cccs3)[C@H]2SC1. The average molecular weight is 425 g/mol. The van der Waals surface area contributed by atoms with Gasteiger partial charge >= 0.3 is 11.9 Å². The number of aliphatic carboxylic acids is 1. The number of hydrogen-bond acceptors (Lipinski definition) is 7. The molecule has 0 radical (unpaired) electrons. The molecule has 28 heavy (non-hydrogen) atoms. The van der Waals surface area contributed by atoms with E-state index in [1.54, 1.807) is 6.92 Å². The van der Waals surface area contributed by atoms with E-state index in [4.69, 9.17) is 4.74 Å². The molecule has 2 amide bonds. The van der Waals surface area contributed by atoms with Crippen LogP contribution in [0.2, 0.25) is 0 Å². The molecule has 3 rings (SSSR count). The Morgan fingerprint density at radius 3 is 2.82 bits per heavy atom.